The molecule has 0 aliphatic heterocycles. The van der Waals surface area contributed by atoms with Crippen molar-refractivity contribution < 1.29 is 18.0 Å². The van der Waals surface area contributed by atoms with Crippen molar-refractivity contribution in [2.24, 2.45) is 0 Å². The van der Waals surface area contributed by atoms with E-state index in [1.807, 2.05) is 0 Å². The summed E-state index contributed by atoms with van der Waals surface area (Å²) in [5, 5.41) is 0. The molecule has 6 heteroatoms. The van der Waals surface area contributed by atoms with Crippen molar-refractivity contribution in [3.8, 4) is 0 Å². The van der Waals surface area contributed by atoms with E-state index in [4.69, 9.17) is 4.74 Å². The van der Waals surface area contributed by atoms with Gasteiger partial charge in [0.05, 0.1) is 12.9 Å². The molecule has 92 valence electrons. The number of hydrogen-bond acceptors (Lipinski definition) is 3. The first-order valence-corrected chi connectivity index (χ1v) is 5.08. The first-order valence-electron chi connectivity index (χ1n) is 5.08. The van der Waals surface area contributed by atoms with Gasteiger partial charge in [-0.05, 0) is 37.6 Å². The van der Waals surface area contributed by atoms with Crippen LogP contribution in [0.15, 0.2) is 36.4 Å². The summed E-state index contributed by atoms with van der Waals surface area (Å²) < 4.78 is 34.6. The fraction of sp³-hybridized carbons (Fsp3) is 0.364. The van der Waals surface area contributed by atoms with E-state index in [0.717, 1.165) is 0 Å². The molecule has 1 atom stereocenters. The minimum absolute atomic E-state index is 0.505. The standard InChI is InChI=1S/C11H14BF2NO2/c1-9(16-3)8-11(2,17-12(13)14)10-4-6-15-7-5-10/h4-8H,1-3H3/b9-8-. The quantitative estimate of drug-likeness (QED) is 0.586. The molecule has 0 aliphatic rings. The van der Waals surface area contributed by atoms with Crippen molar-refractivity contribution >= 4 is 7.47 Å². The van der Waals surface area contributed by atoms with Gasteiger partial charge in [0.1, 0.15) is 5.60 Å². The van der Waals surface area contributed by atoms with Gasteiger partial charge in [-0.15, -0.1) is 0 Å². The number of nitrogens with zero attached hydrogens (tertiary/aromatic N) is 1. The third-order valence-electron chi connectivity index (χ3n) is 2.39. The zero-order valence-corrected chi connectivity index (χ0v) is 9.98. The molecule has 0 amide bonds. The third kappa shape index (κ3) is 3.82. The number of hydrogen-bond donors (Lipinski definition) is 0. The van der Waals surface area contributed by atoms with Gasteiger partial charge >= 0.3 is 7.47 Å². The second-order valence-electron chi connectivity index (χ2n) is 3.68. The Kier molecular flexibility index (Phi) is 4.63. The highest BCUT2D eigenvalue weighted by molar-refractivity contribution is 6.34. The molecule has 0 saturated carbocycles. The monoisotopic (exact) mass is 241 g/mol. The summed E-state index contributed by atoms with van der Waals surface area (Å²) in [4.78, 5) is 3.84. The summed E-state index contributed by atoms with van der Waals surface area (Å²) in [6, 6.07) is 3.25. The van der Waals surface area contributed by atoms with Crippen molar-refractivity contribution in [1.82, 2.24) is 4.98 Å². The largest absolute Gasteiger partial charge is 0.721 e. The molecular weight excluding hydrogens is 227 g/mol. The fourth-order valence-electron chi connectivity index (χ4n) is 1.50. The lowest BCUT2D eigenvalue weighted by molar-refractivity contribution is 0.0991. The maximum absolute atomic E-state index is 12.5. The zero-order chi connectivity index (χ0) is 12.9. The van der Waals surface area contributed by atoms with E-state index in [9.17, 15) is 8.63 Å². The lowest BCUT2D eigenvalue weighted by atomic mass is 9.94. The average Bonchev–Trinajstić information content (AvgIpc) is 2.29. The molecule has 1 aromatic rings. The van der Waals surface area contributed by atoms with E-state index in [2.05, 4.69) is 9.64 Å². The minimum atomic E-state index is -2.87. The number of halogens is 2. The Hall–Kier alpha value is -1.43. The summed E-state index contributed by atoms with van der Waals surface area (Å²) >= 11 is 0. The van der Waals surface area contributed by atoms with Crippen LogP contribution < -0.4 is 0 Å². The predicted octanol–water partition coefficient (Wildman–Crippen LogP) is 2.79. The molecule has 0 fully saturated rings. The molecule has 3 nitrogen and oxygen atoms in total. The Balaban J connectivity index is 3.11. The van der Waals surface area contributed by atoms with E-state index in [1.54, 1.807) is 26.0 Å². The number of methoxy groups -OCH3 is 1. The molecule has 0 aromatic carbocycles. The van der Waals surface area contributed by atoms with Crippen LogP contribution in [-0.2, 0) is 15.0 Å². The smallest absolute Gasteiger partial charge is 0.502 e. The van der Waals surface area contributed by atoms with Crippen LogP contribution in [-0.4, -0.2) is 19.6 Å². The van der Waals surface area contributed by atoms with Crippen LogP contribution in [0.5, 0.6) is 0 Å². The number of aromatic nitrogens is 1. The Labute approximate surface area is 99.7 Å². The zero-order valence-electron chi connectivity index (χ0n) is 9.98. The van der Waals surface area contributed by atoms with Crippen LogP contribution in [0.1, 0.15) is 19.4 Å². The number of rotatable bonds is 5. The Morgan fingerprint density at radius 2 is 2.00 bits per heavy atom. The van der Waals surface area contributed by atoms with Crippen molar-refractivity contribution in [2.75, 3.05) is 7.11 Å². The van der Waals surface area contributed by atoms with Crippen LogP contribution in [0, 0.1) is 0 Å². The Morgan fingerprint density at radius 3 is 2.47 bits per heavy atom. The number of pyridine rings is 1. The number of ether oxygens (including phenoxy) is 1. The summed E-state index contributed by atoms with van der Waals surface area (Å²) in [6.45, 7) is 3.23. The van der Waals surface area contributed by atoms with Crippen LogP contribution >= 0.6 is 0 Å². The van der Waals surface area contributed by atoms with E-state index >= 15 is 0 Å². The minimum Gasteiger partial charge on any atom is -0.502 e. The van der Waals surface area contributed by atoms with Crippen molar-refractivity contribution in [2.45, 2.75) is 19.4 Å². The van der Waals surface area contributed by atoms with Gasteiger partial charge in [-0.3, -0.25) is 13.6 Å². The maximum atomic E-state index is 12.5. The third-order valence-corrected chi connectivity index (χ3v) is 2.39. The summed E-state index contributed by atoms with van der Waals surface area (Å²) in [7, 11) is -1.39. The second-order valence-corrected chi connectivity index (χ2v) is 3.68. The highest BCUT2D eigenvalue weighted by atomic mass is 19.2. The van der Waals surface area contributed by atoms with Gasteiger partial charge < -0.3 is 9.39 Å². The summed E-state index contributed by atoms with van der Waals surface area (Å²) in [5.41, 5.74) is -0.652. The van der Waals surface area contributed by atoms with Gasteiger partial charge in [-0.1, -0.05) is 0 Å². The first kappa shape index (κ1) is 13.6. The van der Waals surface area contributed by atoms with E-state index in [0.29, 0.717) is 11.3 Å². The molecular formula is C11H14BF2NO2. The molecule has 0 N–H and O–H groups in total. The first-order chi connectivity index (χ1) is 7.98. The number of allylic oxidation sites excluding steroid dienone is 1. The Morgan fingerprint density at radius 1 is 1.41 bits per heavy atom. The van der Waals surface area contributed by atoms with Gasteiger partial charge in [0.25, 0.3) is 0 Å². The van der Waals surface area contributed by atoms with Crippen molar-refractivity contribution in [3.05, 3.63) is 41.9 Å². The molecule has 0 saturated heterocycles. The van der Waals surface area contributed by atoms with Crippen LogP contribution in [0.2, 0.25) is 0 Å². The highest BCUT2D eigenvalue weighted by Gasteiger charge is 2.33. The normalized spacial score (nSPS) is 15.2. The topological polar surface area (TPSA) is 31.4 Å². The summed E-state index contributed by atoms with van der Waals surface area (Å²) in [6.07, 6.45) is 4.56. The Bertz CT molecular complexity index is 386. The summed E-state index contributed by atoms with van der Waals surface area (Å²) in [5.74, 6) is 0.505. The van der Waals surface area contributed by atoms with Crippen molar-refractivity contribution in [1.29, 1.82) is 0 Å². The molecule has 1 unspecified atom stereocenters. The molecule has 0 radical (unpaired) electrons. The van der Waals surface area contributed by atoms with E-state index < -0.39 is 13.1 Å². The van der Waals surface area contributed by atoms with Gasteiger partial charge in [-0.25, -0.2) is 0 Å². The lowest BCUT2D eigenvalue weighted by Gasteiger charge is -2.26. The second kappa shape index (κ2) is 5.77. The average molecular weight is 241 g/mol. The van der Waals surface area contributed by atoms with Crippen LogP contribution in [0.3, 0.4) is 0 Å². The molecule has 0 spiro atoms. The molecule has 0 bridgehead atoms. The molecule has 1 heterocycles. The van der Waals surface area contributed by atoms with Gasteiger partial charge in [-0.2, -0.15) is 0 Å². The molecule has 1 rings (SSSR count). The van der Waals surface area contributed by atoms with Crippen molar-refractivity contribution in [3.63, 3.8) is 0 Å². The van der Waals surface area contributed by atoms with Crippen LogP contribution in [0.4, 0.5) is 8.63 Å². The molecule has 0 aliphatic carbocycles. The van der Waals surface area contributed by atoms with E-state index in [-0.39, 0.29) is 0 Å². The lowest BCUT2D eigenvalue weighted by Crippen LogP contribution is -2.28. The van der Waals surface area contributed by atoms with E-state index in [1.165, 1.54) is 25.6 Å². The SMILES string of the molecule is CO/C(C)=C\C(C)(OB(F)F)c1ccncc1. The van der Waals surface area contributed by atoms with Gasteiger partial charge in [0, 0.05) is 12.4 Å². The highest BCUT2D eigenvalue weighted by Crippen LogP contribution is 2.29. The van der Waals surface area contributed by atoms with Gasteiger partial charge in [0.2, 0.25) is 0 Å². The predicted molar refractivity (Wildman–Crippen MR) is 61.4 cm³/mol. The molecule has 17 heavy (non-hydrogen) atoms. The molecule has 1 aromatic heterocycles. The fourth-order valence-corrected chi connectivity index (χ4v) is 1.50. The van der Waals surface area contributed by atoms with Gasteiger partial charge in [0.15, 0.2) is 0 Å². The van der Waals surface area contributed by atoms with Crippen LogP contribution in [0.25, 0.3) is 0 Å². The maximum Gasteiger partial charge on any atom is 0.721 e.